The van der Waals surface area contributed by atoms with Crippen molar-refractivity contribution in [3.63, 3.8) is 0 Å². The van der Waals surface area contributed by atoms with E-state index in [2.05, 4.69) is 22.4 Å². The molecule has 0 radical (unpaired) electrons. The highest BCUT2D eigenvalue weighted by Crippen LogP contribution is 2.33. The molecule has 1 fully saturated rings. The zero-order valence-corrected chi connectivity index (χ0v) is 22.7. The van der Waals surface area contributed by atoms with Crippen molar-refractivity contribution in [2.45, 2.75) is 64.6 Å². The molecule has 0 bridgehead atoms. The first-order chi connectivity index (χ1) is 19.0. The summed E-state index contributed by atoms with van der Waals surface area (Å²) in [7, 11) is 0. The lowest BCUT2D eigenvalue weighted by Gasteiger charge is -2.34. The lowest BCUT2D eigenvalue weighted by Crippen LogP contribution is -2.48. The monoisotopic (exact) mass is 520 g/mol. The molecular formula is C33H36N4O2. The van der Waals surface area contributed by atoms with E-state index >= 15 is 0 Å². The Balaban J connectivity index is 1.61. The highest BCUT2D eigenvalue weighted by Gasteiger charge is 2.35. The van der Waals surface area contributed by atoms with Gasteiger partial charge in [-0.2, -0.15) is 0 Å². The third kappa shape index (κ3) is 6.11. The molecule has 0 aliphatic heterocycles. The first-order valence-electron chi connectivity index (χ1n) is 13.8. The quantitative estimate of drug-likeness (QED) is 0.293. The third-order valence-electron chi connectivity index (χ3n) is 7.67. The summed E-state index contributed by atoms with van der Waals surface area (Å²) in [6.07, 6.45) is 8.86. The van der Waals surface area contributed by atoms with Crippen LogP contribution >= 0.6 is 0 Å². The summed E-state index contributed by atoms with van der Waals surface area (Å²) >= 11 is 0. The summed E-state index contributed by atoms with van der Waals surface area (Å²) in [4.78, 5) is 34.4. The number of nitrogens with one attached hydrogen (secondary N) is 1. The maximum Gasteiger partial charge on any atom is 0.248 e. The molecule has 0 spiro atoms. The van der Waals surface area contributed by atoms with Crippen molar-refractivity contribution < 1.29 is 9.59 Å². The standard InChI is InChI=1S/C33H36N4O2/c1-24-12-9-10-19-30(24)32(33(39)35-28-16-7-4-8-17-28)37(31(38)23-36-21-20-34-25(36)2)29-18-11-15-27(22-29)26-13-5-3-6-14-26/h3,5-6,9-15,18-22,28,32H,4,7-8,16-17,23H2,1-2H3,(H,35,39). The minimum absolute atomic E-state index is 0.0838. The maximum atomic E-state index is 14.2. The summed E-state index contributed by atoms with van der Waals surface area (Å²) in [5.74, 6) is 0.436. The van der Waals surface area contributed by atoms with Crippen LogP contribution in [0, 0.1) is 13.8 Å². The molecular weight excluding hydrogens is 484 g/mol. The Bertz CT molecular complexity index is 1420. The van der Waals surface area contributed by atoms with Gasteiger partial charge < -0.3 is 9.88 Å². The van der Waals surface area contributed by atoms with E-state index in [1.165, 1.54) is 6.42 Å². The third-order valence-corrected chi connectivity index (χ3v) is 7.67. The molecule has 3 aromatic carbocycles. The van der Waals surface area contributed by atoms with E-state index in [0.717, 1.165) is 53.8 Å². The normalized spacial score (nSPS) is 14.5. The molecule has 6 nitrogen and oxygen atoms in total. The van der Waals surface area contributed by atoms with Crippen molar-refractivity contribution in [2.24, 2.45) is 0 Å². The molecule has 6 heteroatoms. The zero-order chi connectivity index (χ0) is 27.2. The molecule has 1 unspecified atom stereocenters. The average molecular weight is 521 g/mol. The van der Waals surface area contributed by atoms with Gasteiger partial charge in [-0.25, -0.2) is 4.98 Å². The predicted octanol–water partition coefficient (Wildman–Crippen LogP) is 6.39. The van der Waals surface area contributed by atoms with Crippen LogP contribution in [0.5, 0.6) is 0 Å². The number of amides is 2. The van der Waals surface area contributed by atoms with E-state index in [1.807, 2.05) is 85.1 Å². The van der Waals surface area contributed by atoms with Gasteiger partial charge in [0.15, 0.2) is 0 Å². The fraction of sp³-hybridized carbons (Fsp3) is 0.303. The summed E-state index contributed by atoms with van der Waals surface area (Å²) < 4.78 is 1.82. The van der Waals surface area contributed by atoms with Gasteiger partial charge in [0, 0.05) is 24.1 Å². The Morgan fingerprint density at radius 1 is 0.923 bits per heavy atom. The fourth-order valence-corrected chi connectivity index (χ4v) is 5.51. The van der Waals surface area contributed by atoms with Gasteiger partial charge in [0.05, 0.1) is 0 Å². The van der Waals surface area contributed by atoms with Crippen LogP contribution in [0.3, 0.4) is 0 Å². The predicted molar refractivity (Wildman–Crippen MR) is 155 cm³/mol. The first-order valence-corrected chi connectivity index (χ1v) is 13.8. The van der Waals surface area contributed by atoms with Crippen molar-refractivity contribution in [1.82, 2.24) is 14.9 Å². The number of rotatable bonds is 8. The van der Waals surface area contributed by atoms with Crippen LogP contribution < -0.4 is 10.2 Å². The van der Waals surface area contributed by atoms with Crippen LogP contribution in [0.15, 0.2) is 91.3 Å². The number of hydrogen-bond donors (Lipinski definition) is 1. The number of aryl methyl sites for hydroxylation is 2. The molecule has 0 saturated heterocycles. The molecule has 4 aromatic rings. The number of benzene rings is 3. The van der Waals surface area contributed by atoms with Crippen molar-refractivity contribution in [1.29, 1.82) is 0 Å². The summed E-state index contributed by atoms with van der Waals surface area (Å²) in [6, 6.07) is 25.2. The van der Waals surface area contributed by atoms with Crippen molar-refractivity contribution in [3.05, 3.63) is 108 Å². The largest absolute Gasteiger partial charge is 0.351 e. The second kappa shape index (κ2) is 12.1. The molecule has 1 aliphatic rings. The first kappa shape index (κ1) is 26.4. The Labute approximate surface area is 230 Å². The van der Waals surface area contributed by atoms with Crippen LogP contribution in [-0.4, -0.2) is 27.4 Å². The van der Waals surface area contributed by atoms with Crippen LogP contribution in [0.1, 0.15) is 55.1 Å². The van der Waals surface area contributed by atoms with Crippen molar-refractivity contribution in [3.8, 4) is 11.1 Å². The molecule has 1 aromatic heterocycles. The molecule has 1 saturated carbocycles. The van der Waals surface area contributed by atoms with E-state index < -0.39 is 6.04 Å². The number of nitrogens with zero attached hydrogens (tertiary/aromatic N) is 3. The molecule has 1 atom stereocenters. The van der Waals surface area contributed by atoms with Gasteiger partial charge in [-0.05, 0) is 61.1 Å². The summed E-state index contributed by atoms with van der Waals surface area (Å²) in [6.45, 7) is 3.96. The van der Waals surface area contributed by atoms with Crippen LogP contribution in [0.4, 0.5) is 5.69 Å². The van der Waals surface area contributed by atoms with Gasteiger partial charge in [-0.15, -0.1) is 0 Å². The van der Waals surface area contributed by atoms with E-state index in [9.17, 15) is 9.59 Å². The highest BCUT2D eigenvalue weighted by atomic mass is 16.2. The number of hydrogen-bond acceptors (Lipinski definition) is 3. The molecule has 200 valence electrons. The van der Waals surface area contributed by atoms with E-state index in [4.69, 9.17) is 0 Å². The van der Waals surface area contributed by atoms with Crippen LogP contribution in [-0.2, 0) is 16.1 Å². The Morgan fingerprint density at radius 3 is 2.36 bits per heavy atom. The molecule has 1 aliphatic carbocycles. The molecule has 5 rings (SSSR count). The summed E-state index contributed by atoms with van der Waals surface area (Å²) in [5.41, 5.74) is 4.52. The van der Waals surface area contributed by atoms with Gasteiger partial charge in [-0.3, -0.25) is 14.5 Å². The SMILES string of the molecule is Cc1ccccc1C(C(=O)NC1CCCCC1)N(C(=O)Cn1ccnc1C)c1cccc(-c2ccccc2)c1. The second-order valence-electron chi connectivity index (χ2n) is 10.4. The van der Waals surface area contributed by atoms with E-state index in [1.54, 1.807) is 17.3 Å². The number of anilines is 1. The molecule has 1 heterocycles. The van der Waals surface area contributed by atoms with Gasteiger partial charge >= 0.3 is 0 Å². The topological polar surface area (TPSA) is 67.2 Å². The second-order valence-corrected chi connectivity index (χ2v) is 10.4. The minimum Gasteiger partial charge on any atom is -0.351 e. The number of aromatic nitrogens is 2. The van der Waals surface area contributed by atoms with Crippen LogP contribution in [0.2, 0.25) is 0 Å². The van der Waals surface area contributed by atoms with Gasteiger partial charge in [-0.1, -0.05) is 86.0 Å². The Morgan fingerprint density at radius 2 is 1.64 bits per heavy atom. The molecule has 2 amide bonds. The zero-order valence-electron chi connectivity index (χ0n) is 22.7. The fourth-order valence-electron chi connectivity index (χ4n) is 5.51. The minimum atomic E-state index is -0.810. The Hall–Kier alpha value is -4.19. The maximum absolute atomic E-state index is 14.2. The van der Waals surface area contributed by atoms with Gasteiger partial charge in [0.1, 0.15) is 18.4 Å². The van der Waals surface area contributed by atoms with Crippen molar-refractivity contribution in [2.75, 3.05) is 4.90 Å². The van der Waals surface area contributed by atoms with E-state index in [0.29, 0.717) is 5.69 Å². The van der Waals surface area contributed by atoms with Gasteiger partial charge in [0.25, 0.3) is 0 Å². The molecule has 1 N–H and O–H groups in total. The summed E-state index contributed by atoms with van der Waals surface area (Å²) in [5, 5.41) is 3.31. The number of carbonyl (C=O) groups excluding carboxylic acids is 2. The highest BCUT2D eigenvalue weighted by molar-refractivity contribution is 6.02. The Kier molecular flexibility index (Phi) is 8.21. The number of imidazole rings is 1. The molecule has 39 heavy (non-hydrogen) atoms. The average Bonchev–Trinajstić information content (AvgIpc) is 3.37. The van der Waals surface area contributed by atoms with E-state index in [-0.39, 0.29) is 24.4 Å². The smallest absolute Gasteiger partial charge is 0.248 e. The number of carbonyl (C=O) groups is 2. The van der Waals surface area contributed by atoms with Gasteiger partial charge in [0.2, 0.25) is 11.8 Å². The lowest BCUT2D eigenvalue weighted by molar-refractivity contribution is -0.127. The lowest BCUT2D eigenvalue weighted by atomic mass is 9.93. The van der Waals surface area contributed by atoms with Crippen LogP contribution in [0.25, 0.3) is 11.1 Å². The van der Waals surface area contributed by atoms with Crippen molar-refractivity contribution >= 4 is 17.5 Å².